The molecule has 1 aliphatic rings. The predicted molar refractivity (Wildman–Crippen MR) is 155 cm³/mol. The van der Waals surface area contributed by atoms with Crippen LogP contribution in [-0.2, 0) is 25.6 Å². The van der Waals surface area contributed by atoms with Crippen molar-refractivity contribution in [3.8, 4) is 0 Å². The summed E-state index contributed by atoms with van der Waals surface area (Å²) in [6.07, 6.45) is 7.85. The molecule has 0 unspecified atom stereocenters. The van der Waals surface area contributed by atoms with Gasteiger partial charge < -0.3 is 32.1 Å². The summed E-state index contributed by atoms with van der Waals surface area (Å²) < 4.78 is 0. The molecule has 1 aliphatic carbocycles. The average Bonchev–Trinajstić information content (AvgIpc) is 2.92. The van der Waals surface area contributed by atoms with Gasteiger partial charge in [0.15, 0.2) is 0 Å². The van der Waals surface area contributed by atoms with Crippen LogP contribution in [0.25, 0.3) is 0 Å². The van der Waals surface area contributed by atoms with E-state index in [0.717, 1.165) is 31.2 Å². The van der Waals surface area contributed by atoms with Gasteiger partial charge in [-0.05, 0) is 63.5 Å². The molecule has 2 rings (SSSR count). The number of unbranched alkanes of at least 4 members (excludes halogenated alkanes) is 1. The minimum absolute atomic E-state index is 0.174. The molecule has 0 aromatic heterocycles. The van der Waals surface area contributed by atoms with Crippen LogP contribution >= 0.6 is 0 Å². The molecule has 0 radical (unpaired) electrons. The van der Waals surface area contributed by atoms with Crippen molar-refractivity contribution in [2.24, 2.45) is 11.7 Å². The van der Waals surface area contributed by atoms with E-state index in [0.29, 0.717) is 37.8 Å². The standard InChI is InChI=1S/C30H49N5O5/c1-20(2)18-25(33-23-14-8-5-9-15-23)28(37)32-21(3)27(36)35-26(19-22-12-6-4-7-13-22)29(38)34-24(30(39)40)16-10-11-17-31/h4,6-7,12-13,20-21,23-26,33H,5,8-11,14-19,31H2,1-3H3,(H,32,37)(H,34,38)(H,35,36)(H,39,40)/t21-,24-,25-,26-/m0/s1. The number of carbonyl (C=O) groups is 4. The first-order valence-electron chi connectivity index (χ1n) is 14.7. The van der Waals surface area contributed by atoms with Crippen LogP contribution in [0.2, 0.25) is 0 Å². The van der Waals surface area contributed by atoms with Gasteiger partial charge in [-0.25, -0.2) is 4.79 Å². The molecule has 0 saturated heterocycles. The topological polar surface area (TPSA) is 163 Å². The van der Waals surface area contributed by atoms with Gasteiger partial charge in [-0.15, -0.1) is 0 Å². The molecule has 10 heteroatoms. The highest BCUT2D eigenvalue weighted by Crippen LogP contribution is 2.19. The first-order chi connectivity index (χ1) is 19.1. The molecule has 1 aromatic carbocycles. The van der Waals surface area contributed by atoms with Crippen molar-refractivity contribution in [2.75, 3.05) is 6.54 Å². The molecule has 3 amide bonds. The Morgan fingerprint density at radius 3 is 2.08 bits per heavy atom. The number of hydrogen-bond donors (Lipinski definition) is 6. The highest BCUT2D eigenvalue weighted by molar-refractivity contribution is 5.94. The molecule has 0 bridgehead atoms. The van der Waals surface area contributed by atoms with E-state index in [1.54, 1.807) is 6.92 Å². The second-order valence-corrected chi connectivity index (χ2v) is 11.3. The average molecular weight is 560 g/mol. The fraction of sp³-hybridized carbons (Fsp3) is 0.667. The van der Waals surface area contributed by atoms with E-state index in [2.05, 4.69) is 35.1 Å². The molecule has 4 atom stereocenters. The van der Waals surface area contributed by atoms with Gasteiger partial charge >= 0.3 is 5.97 Å². The second-order valence-electron chi connectivity index (χ2n) is 11.3. The number of nitrogens with one attached hydrogen (secondary N) is 4. The van der Waals surface area contributed by atoms with Gasteiger partial charge in [0.1, 0.15) is 18.1 Å². The first-order valence-corrected chi connectivity index (χ1v) is 14.7. The highest BCUT2D eigenvalue weighted by Gasteiger charge is 2.30. The molecular weight excluding hydrogens is 510 g/mol. The fourth-order valence-corrected chi connectivity index (χ4v) is 5.03. The minimum Gasteiger partial charge on any atom is -0.480 e. The Kier molecular flexibility index (Phi) is 14.7. The minimum atomic E-state index is -1.14. The predicted octanol–water partition coefficient (Wildman–Crippen LogP) is 2.25. The van der Waals surface area contributed by atoms with Crippen molar-refractivity contribution in [3.05, 3.63) is 35.9 Å². The van der Waals surface area contributed by atoms with Crippen LogP contribution in [0.5, 0.6) is 0 Å². The Hall–Kier alpha value is -2.98. The van der Waals surface area contributed by atoms with Gasteiger partial charge in [0.05, 0.1) is 6.04 Å². The Labute approximate surface area is 238 Å². The lowest BCUT2D eigenvalue weighted by Gasteiger charge is -2.30. The molecule has 1 saturated carbocycles. The number of carboxylic acid groups (broad SMARTS) is 1. The molecule has 0 spiro atoms. The third kappa shape index (κ3) is 12.0. The fourth-order valence-electron chi connectivity index (χ4n) is 5.03. The summed E-state index contributed by atoms with van der Waals surface area (Å²) in [7, 11) is 0. The number of carbonyl (C=O) groups excluding carboxylic acids is 3. The van der Waals surface area contributed by atoms with Gasteiger partial charge in [0.2, 0.25) is 17.7 Å². The van der Waals surface area contributed by atoms with E-state index < -0.39 is 42.0 Å². The molecule has 224 valence electrons. The molecule has 0 aliphatic heterocycles. The van der Waals surface area contributed by atoms with Crippen molar-refractivity contribution in [1.82, 2.24) is 21.3 Å². The lowest BCUT2D eigenvalue weighted by atomic mass is 9.93. The number of amides is 3. The Morgan fingerprint density at radius 1 is 0.850 bits per heavy atom. The van der Waals surface area contributed by atoms with Crippen molar-refractivity contribution in [2.45, 2.75) is 115 Å². The number of nitrogens with two attached hydrogens (primary N) is 1. The maximum absolute atomic E-state index is 13.2. The van der Waals surface area contributed by atoms with Crippen LogP contribution in [0.15, 0.2) is 30.3 Å². The van der Waals surface area contributed by atoms with Gasteiger partial charge in [-0.3, -0.25) is 14.4 Å². The van der Waals surface area contributed by atoms with Crippen molar-refractivity contribution in [1.29, 1.82) is 0 Å². The van der Waals surface area contributed by atoms with E-state index in [-0.39, 0.29) is 18.7 Å². The smallest absolute Gasteiger partial charge is 0.326 e. The molecule has 1 aromatic rings. The summed E-state index contributed by atoms with van der Waals surface area (Å²) in [5.74, 6) is -2.19. The van der Waals surface area contributed by atoms with E-state index in [1.807, 2.05) is 30.3 Å². The quantitative estimate of drug-likeness (QED) is 0.159. The maximum Gasteiger partial charge on any atom is 0.326 e. The van der Waals surface area contributed by atoms with Crippen molar-refractivity contribution >= 4 is 23.7 Å². The largest absolute Gasteiger partial charge is 0.480 e. The molecule has 7 N–H and O–H groups in total. The number of carboxylic acids is 1. The van der Waals surface area contributed by atoms with E-state index in [9.17, 15) is 24.3 Å². The van der Waals surface area contributed by atoms with Crippen LogP contribution in [0.1, 0.15) is 84.1 Å². The van der Waals surface area contributed by atoms with Crippen LogP contribution in [0.4, 0.5) is 0 Å². The molecule has 1 fully saturated rings. The van der Waals surface area contributed by atoms with Gasteiger partial charge in [0.25, 0.3) is 0 Å². The molecule has 0 heterocycles. The first kappa shape index (κ1) is 33.2. The number of benzene rings is 1. The zero-order valence-electron chi connectivity index (χ0n) is 24.3. The Bertz CT molecular complexity index is 936. The van der Waals surface area contributed by atoms with Crippen LogP contribution in [0, 0.1) is 5.92 Å². The highest BCUT2D eigenvalue weighted by atomic mass is 16.4. The summed E-state index contributed by atoms with van der Waals surface area (Å²) in [5.41, 5.74) is 6.33. The monoisotopic (exact) mass is 559 g/mol. The van der Waals surface area contributed by atoms with Crippen molar-refractivity contribution in [3.63, 3.8) is 0 Å². The van der Waals surface area contributed by atoms with E-state index in [1.165, 1.54) is 6.42 Å². The SMILES string of the molecule is CC(C)C[C@H](NC1CCCCC1)C(=O)N[C@@H](C)C(=O)N[C@@H](Cc1ccccc1)C(=O)N[C@@H](CCCCN)C(=O)O. The van der Waals surface area contributed by atoms with Gasteiger partial charge in [0, 0.05) is 12.5 Å². The van der Waals surface area contributed by atoms with Crippen molar-refractivity contribution < 1.29 is 24.3 Å². The lowest BCUT2D eigenvalue weighted by molar-refractivity contribution is -0.142. The van der Waals surface area contributed by atoms with Gasteiger partial charge in [-0.1, -0.05) is 63.4 Å². The maximum atomic E-state index is 13.2. The third-order valence-corrected chi connectivity index (χ3v) is 7.29. The molecule has 10 nitrogen and oxygen atoms in total. The Morgan fingerprint density at radius 2 is 1.48 bits per heavy atom. The zero-order chi connectivity index (χ0) is 29.5. The summed E-state index contributed by atoms with van der Waals surface area (Å²) in [5, 5.41) is 21.3. The van der Waals surface area contributed by atoms with E-state index >= 15 is 0 Å². The van der Waals surface area contributed by atoms with Crippen LogP contribution in [0.3, 0.4) is 0 Å². The summed E-state index contributed by atoms with van der Waals surface area (Å²) in [4.78, 5) is 51.4. The summed E-state index contributed by atoms with van der Waals surface area (Å²) >= 11 is 0. The molecule has 40 heavy (non-hydrogen) atoms. The van der Waals surface area contributed by atoms with Crippen LogP contribution < -0.4 is 27.0 Å². The summed E-state index contributed by atoms with van der Waals surface area (Å²) in [6, 6.07) is 6.06. The van der Waals surface area contributed by atoms with E-state index in [4.69, 9.17) is 5.73 Å². The number of aliphatic carboxylic acids is 1. The van der Waals surface area contributed by atoms with Gasteiger partial charge in [-0.2, -0.15) is 0 Å². The van der Waals surface area contributed by atoms with Crippen LogP contribution in [-0.4, -0.2) is 65.6 Å². The Balaban J connectivity index is 2.08. The third-order valence-electron chi connectivity index (χ3n) is 7.29. The lowest BCUT2D eigenvalue weighted by Crippen LogP contribution is -2.57. The molecular formula is C30H49N5O5. The second kappa shape index (κ2) is 17.7. The zero-order valence-corrected chi connectivity index (χ0v) is 24.3. The number of hydrogen-bond acceptors (Lipinski definition) is 6. The summed E-state index contributed by atoms with van der Waals surface area (Å²) in [6.45, 7) is 6.15. The number of rotatable bonds is 17. The normalized spacial score (nSPS) is 16.9.